The molecular formula is C12H14N2O2. The Kier molecular flexibility index (Phi) is 4.79. The number of rotatable bonds is 4. The van der Waals surface area contributed by atoms with E-state index in [0.717, 1.165) is 5.56 Å². The van der Waals surface area contributed by atoms with E-state index in [4.69, 9.17) is 0 Å². The van der Waals surface area contributed by atoms with Crippen LogP contribution in [0, 0.1) is 0 Å². The third-order valence-electron chi connectivity index (χ3n) is 2.02. The Morgan fingerprint density at radius 3 is 2.62 bits per heavy atom. The van der Waals surface area contributed by atoms with Crippen molar-refractivity contribution in [1.82, 2.24) is 10.2 Å². The van der Waals surface area contributed by atoms with E-state index in [9.17, 15) is 9.59 Å². The van der Waals surface area contributed by atoms with Gasteiger partial charge in [0.2, 0.25) is 0 Å². The van der Waals surface area contributed by atoms with Gasteiger partial charge < -0.3 is 5.32 Å². The molecule has 0 aromatic heterocycles. The summed E-state index contributed by atoms with van der Waals surface area (Å²) >= 11 is 0. The molecule has 0 fully saturated rings. The predicted molar refractivity (Wildman–Crippen MR) is 61.6 cm³/mol. The number of benzene rings is 1. The molecule has 4 heteroatoms. The molecule has 4 nitrogen and oxygen atoms in total. The fraction of sp³-hybridized carbons (Fsp3) is 0.167. The van der Waals surface area contributed by atoms with E-state index in [1.165, 1.54) is 17.2 Å². The van der Waals surface area contributed by atoms with Crippen LogP contribution in [-0.2, 0) is 11.3 Å². The van der Waals surface area contributed by atoms with Crippen molar-refractivity contribution in [3.63, 3.8) is 0 Å². The quantitative estimate of drug-likeness (QED) is 0.615. The Morgan fingerprint density at radius 2 is 2.06 bits per heavy atom. The molecule has 0 heterocycles. The van der Waals surface area contributed by atoms with Crippen molar-refractivity contribution in [1.29, 1.82) is 0 Å². The van der Waals surface area contributed by atoms with Crippen LogP contribution < -0.4 is 5.32 Å². The molecule has 0 unspecified atom stereocenters. The zero-order valence-corrected chi connectivity index (χ0v) is 9.09. The monoisotopic (exact) mass is 218 g/mol. The standard InChI is InChI=1S/C12H14N2O2/c1-13-12(16)14(8-5-9-15)10-11-6-3-2-4-7-11/h2-9H,10H2,1H3,(H,13,16)/b8-5-. The summed E-state index contributed by atoms with van der Waals surface area (Å²) in [6.07, 6.45) is 3.39. The van der Waals surface area contributed by atoms with Crippen molar-refractivity contribution in [2.24, 2.45) is 0 Å². The lowest BCUT2D eigenvalue weighted by Crippen LogP contribution is -2.33. The van der Waals surface area contributed by atoms with Gasteiger partial charge >= 0.3 is 6.03 Å². The molecule has 1 aromatic carbocycles. The van der Waals surface area contributed by atoms with Crippen LogP contribution in [0.1, 0.15) is 5.56 Å². The third kappa shape index (κ3) is 3.57. The molecule has 0 aliphatic carbocycles. The highest BCUT2D eigenvalue weighted by molar-refractivity contribution is 5.76. The molecule has 1 N–H and O–H groups in total. The zero-order chi connectivity index (χ0) is 11.8. The van der Waals surface area contributed by atoms with Gasteiger partial charge in [0, 0.05) is 13.2 Å². The van der Waals surface area contributed by atoms with Crippen LogP contribution >= 0.6 is 0 Å². The molecule has 0 aliphatic rings. The van der Waals surface area contributed by atoms with Gasteiger partial charge in [-0.25, -0.2) is 4.79 Å². The van der Waals surface area contributed by atoms with Gasteiger partial charge in [-0.2, -0.15) is 0 Å². The first kappa shape index (κ1) is 12.0. The average Bonchev–Trinajstić information content (AvgIpc) is 2.34. The van der Waals surface area contributed by atoms with Crippen LogP contribution in [0.4, 0.5) is 4.79 Å². The van der Waals surface area contributed by atoms with Crippen LogP contribution in [0.5, 0.6) is 0 Å². The highest BCUT2D eigenvalue weighted by Gasteiger charge is 2.08. The van der Waals surface area contributed by atoms with E-state index in [0.29, 0.717) is 12.8 Å². The molecule has 0 atom stereocenters. The van der Waals surface area contributed by atoms with Gasteiger partial charge in [-0.3, -0.25) is 9.69 Å². The van der Waals surface area contributed by atoms with Crippen LogP contribution in [0.25, 0.3) is 0 Å². The van der Waals surface area contributed by atoms with Gasteiger partial charge in [0.15, 0.2) is 0 Å². The van der Waals surface area contributed by atoms with Gasteiger partial charge in [-0.1, -0.05) is 30.3 Å². The van der Waals surface area contributed by atoms with Crippen LogP contribution in [-0.4, -0.2) is 24.3 Å². The first-order valence-electron chi connectivity index (χ1n) is 4.92. The number of allylic oxidation sites excluding steroid dienone is 1. The molecule has 84 valence electrons. The van der Waals surface area contributed by atoms with Gasteiger partial charge in [-0.15, -0.1) is 0 Å². The van der Waals surface area contributed by atoms with Crippen molar-refractivity contribution < 1.29 is 9.59 Å². The number of nitrogens with one attached hydrogen (secondary N) is 1. The molecule has 2 amide bonds. The number of carbonyl (C=O) groups excluding carboxylic acids is 2. The Balaban J connectivity index is 2.74. The van der Waals surface area contributed by atoms with Gasteiger partial charge in [0.1, 0.15) is 6.29 Å². The zero-order valence-electron chi connectivity index (χ0n) is 9.09. The summed E-state index contributed by atoms with van der Waals surface area (Å²) in [5.74, 6) is 0. The van der Waals surface area contributed by atoms with Crippen LogP contribution in [0.15, 0.2) is 42.6 Å². The molecule has 0 radical (unpaired) electrons. The van der Waals surface area contributed by atoms with Gasteiger partial charge in [0.25, 0.3) is 0 Å². The summed E-state index contributed by atoms with van der Waals surface area (Å²) in [5, 5.41) is 2.51. The number of nitrogens with zero attached hydrogens (tertiary/aromatic N) is 1. The summed E-state index contributed by atoms with van der Waals surface area (Å²) in [7, 11) is 1.55. The second kappa shape index (κ2) is 6.40. The molecule has 0 saturated heterocycles. The van der Waals surface area contributed by atoms with Gasteiger partial charge in [-0.05, 0) is 11.6 Å². The summed E-state index contributed by atoms with van der Waals surface area (Å²) in [6.45, 7) is 0.435. The van der Waals surface area contributed by atoms with E-state index >= 15 is 0 Å². The molecular weight excluding hydrogens is 204 g/mol. The van der Waals surface area contributed by atoms with E-state index in [1.54, 1.807) is 7.05 Å². The first-order valence-corrected chi connectivity index (χ1v) is 4.92. The second-order valence-corrected chi connectivity index (χ2v) is 3.15. The lowest BCUT2D eigenvalue weighted by molar-refractivity contribution is -0.104. The van der Waals surface area contributed by atoms with E-state index in [2.05, 4.69) is 5.32 Å². The highest BCUT2D eigenvalue weighted by atomic mass is 16.2. The van der Waals surface area contributed by atoms with Gasteiger partial charge in [0.05, 0.1) is 6.54 Å². The second-order valence-electron chi connectivity index (χ2n) is 3.15. The highest BCUT2D eigenvalue weighted by Crippen LogP contribution is 2.04. The number of amides is 2. The minimum Gasteiger partial charge on any atom is -0.341 e. The topological polar surface area (TPSA) is 49.4 Å². The van der Waals surface area contributed by atoms with E-state index < -0.39 is 0 Å². The largest absolute Gasteiger partial charge is 0.341 e. The van der Waals surface area contributed by atoms with Crippen molar-refractivity contribution >= 4 is 12.3 Å². The Bertz CT molecular complexity index is 374. The smallest absolute Gasteiger partial charge is 0.321 e. The van der Waals surface area contributed by atoms with Crippen molar-refractivity contribution in [3.8, 4) is 0 Å². The number of aldehydes is 1. The maximum Gasteiger partial charge on any atom is 0.321 e. The summed E-state index contributed by atoms with van der Waals surface area (Å²) in [4.78, 5) is 23.1. The Hall–Kier alpha value is -2.10. The number of hydrogen-bond acceptors (Lipinski definition) is 2. The van der Waals surface area contributed by atoms with E-state index in [-0.39, 0.29) is 6.03 Å². The molecule has 0 bridgehead atoms. The number of urea groups is 1. The maximum atomic E-state index is 11.5. The Morgan fingerprint density at radius 1 is 1.38 bits per heavy atom. The molecule has 0 saturated carbocycles. The minimum atomic E-state index is -0.248. The molecule has 0 aliphatic heterocycles. The summed E-state index contributed by atoms with van der Waals surface area (Å²) in [6, 6.07) is 9.31. The normalized spacial score (nSPS) is 10.1. The van der Waals surface area contributed by atoms with Crippen LogP contribution in [0.3, 0.4) is 0 Å². The SMILES string of the molecule is CNC(=O)N(/C=C\C=O)Cc1ccccc1. The fourth-order valence-electron chi connectivity index (χ4n) is 1.25. The predicted octanol–water partition coefficient (Wildman–Crippen LogP) is 1.54. The average molecular weight is 218 g/mol. The lowest BCUT2D eigenvalue weighted by atomic mass is 10.2. The molecule has 1 rings (SSSR count). The molecule has 1 aromatic rings. The summed E-state index contributed by atoms with van der Waals surface area (Å²) in [5.41, 5.74) is 1.00. The van der Waals surface area contributed by atoms with E-state index in [1.807, 2.05) is 30.3 Å². The summed E-state index contributed by atoms with van der Waals surface area (Å²) < 4.78 is 0. The first-order chi connectivity index (χ1) is 7.77. The minimum absolute atomic E-state index is 0.248. The lowest BCUT2D eigenvalue weighted by Gasteiger charge is -2.17. The number of carbonyl (C=O) groups is 2. The number of hydrogen-bond donors (Lipinski definition) is 1. The van der Waals surface area contributed by atoms with Crippen molar-refractivity contribution in [2.75, 3.05) is 7.05 Å². The van der Waals surface area contributed by atoms with Crippen molar-refractivity contribution in [2.45, 2.75) is 6.54 Å². The maximum absolute atomic E-state index is 11.5. The molecule has 16 heavy (non-hydrogen) atoms. The third-order valence-corrected chi connectivity index (χ3v) is 2.02. The molecule has 0 spiro atoms. The van der Waals surface area contributed by atoms with Crippen LogP contribution in [0.2, 0.25) is 0 Å². The van der Waals surface area contributed by atoms with Crippen molar-refractivity contribution in [3.05, 3.63) is 48.2 Å². The fourth-order valence-corrected chi connectivity index (χ4v) is 1.25. The Labute approximate surface area is 94.6 Å².